The second-order valence-corrected chi connectivity index (χ2v) is 7.80. The molecule has 1 N–H and O–H groups in total. The van der Waals surface area contributed by atoms with Crippen LogP contribution in [0.15, 0.2) is 30.5 Å². The molecule has 0 unspecified atom stereocenters. The van der Waals surface area contributed by atoms with Gasteiger partial charge in [-0.25, -0.2) is 14.6 Å². The zero-order chi connectivity index (χ0) is 18.9. The quantitative estimate of drug-likeness (QED) is 0.735. The van der Waals surface area contributed by atoms with E-state index in [0.29, 0.717) is 6.04 Å². The number of allylic oxidation sites excluding steroid dienone is 1. The van der Waals surface area contributed by atoms with Crippen molar-refractivity contribution in [1.82, 2.24) is 25.0 Å². The summed E-state index contributed by atoms with van der Waals surface area (Å²) in [6.45, 7) is 2.90. The van der Waals surface area contributed by atoms with E-state index in [0.717, 1.165) is 47.6 Å². The molecule has 3 aromatic rings. The van der Waals surface area contributed by atoms with E-state index in [9.17, 15) is 0 Å². The Labute approximate surface area is 165 Å². The van der Waals surface area contributed by atoms with Crippen LogP contribution >= 0.6 is 0 Å². The molecule has 0 radical (unpaired) electrons. The summed E-state index contributed by atoms with van der Waals surface area (Å²) in [4.78, 5) is 9.53. The number of fused-ring (bicyclic) bond motifs is 2. The van der Waals surface area contributed by atoms with Crippen LogP contribution in [0.3, 0.4) is 0 Å². The van der Waals surface area contributed by atoms with Gasteiger partial charge in [0.05, 0.1) is 11.2 Å². The summed E-state index contributed by atoms with van der Waals surface area (Å²) in [7, 11) is 0. The summed E-state index contributed by atoms with van der Waals surface area (Å²) in [5, 5.41) is 12.0. The molecule has 0 aliphatic heterocycles. The molecule has 2 aliphatic rings. The first-order valence-electron chi connectivity index (χ1n) is 10.5. The third-order valence-electron chi connectivity index (χ3n) is 5.95. The minimum atomic E-state index is 0.523. The Hall–Kier alpha value is -2.76. The van der Waals surface area contributed by atoms with Gasteiger partial charge in [0.25, 0.3) is 0 Å². The molecule has 0 spiro atoms. The number of hydrogen-bond donors (Lipinski definition) is 1. The van der Waals surface area contributed by atoms with Crippen molar-refractivity contribution in [3.63, 3.8) is 0 Å². The van der Waals surface area contributed by atoms with Gasteiger partial charge in [-0.1, -0.05) is 36.6 Å². The number of rotatable bonds is 4. The monoisotopic (exact) mass is 374 g/mol. The summed E-state index contributed by atoms with van der Waals surface area (Å²) >= 11 is 0. The molecule has 1 saturated carbocycles. The second kappa shape index (κ2) is 7.34. The van der Waals surface area contributed by atoms with Gasteiger partial charge < -0.3 is 5.32 Å². The molecule has 6 heteroatoms. The number of nitrogens with one attached hydrogen (secondary N) is 1. The average Bonchev–Trinajstić information content (AvgIpc) is 3.16. The van der Waals surface area contributed by atoms with Crippen molar-refractivity contribution < 1.29 is 0 Å². The van der Waals surface area contributed by atoms with Gasteiger partial charge in [-0.05, 0) is 55.9 Å². The van der Waals surface area contributed by atoms with Gasteiger partial charge in [-0.3, -0.25) is 0 Å². The summed E-state index contributed by atoms with van der Waals surface area (Å²) in [5.74, 6) is 0.788. The summed E-state index contributed by atoms with van der Waals surface area (Å²) in [5.41, 5.74) is 6.71. The van der Waals surface area contributed by atoms with Gasteiger partial charge in [0.15, 0.2) is 0 Å². The van der Waals surface area contributed by atoms with Gasteiger partial charge in [-0.2, -0.15) is 0 Å². The lowest BCUT2D eigenvalue weighted by molar-refractivity contribution is 0.460. The number of benzene rings is 1. The fourth-order valence-electron chi connectivity index (χ4n) is 4.43. The van der Waals surface area contributed by atoms with E-state index in [1.54, 1.807) is 0 Å². The van der Waals surface area contributed by atoms with E-state index in [1.807, 2.05) is 10.9 Å². The molecule has 1 aromatic carbocycles. The maximum Gasteiger partial charge on any atom is 0.223 e. The Balaban J connectivity index is 1.46. The maximum atomic E-state index is 4.88. The molecule has 5 rings (SSSR count). The van der Waals surface area contributed by atoms with Crippen LogP contribution in [0, 0.1) is 0 Å². The highest BCUT2D eigenvalue weighted by Crippen LogP contribution is 2.32. The summed E-state index contributed by atoms with van der Waals surface area (Å²) in [6, 6.07) is 6.90. The molecular formula is C22H26N6. The zero-order valence-electron chi connectivity index (χ0n) is 16.4. The molecule has 28 heavy (non-hydrogen) atoms. The lowest BCUT2D eigenvalue weighted by Crippen LogP contribution is -2.24. The van der Waals surface area contributed by atoms with Crippen LogP contribution in [0.25, 0.3) is 16.6 Å². The molecule has 0 amide bonds. The normalized spacial score (nSPS) is 17.4. The van der Waals surface area contributed by atoms with Crippen molar-refractivity contribution in [3.8, 4) is 0 Å². The summed E-state index contributed by atoms with van der Waals surface area (Å²) < 4.78 is 1.94. The first-order chi connectivity index (χ1) is 13.8. The van der Waals surface area contributed by atoms with E-state index < -0.39 is 0 Å². The third kappa shape index (κ3) is 3.17. The first kappa shape index (κ1) is 17.3. The Morgan fingerprint density at radius 2 is 2.07 bits per heavy atom. The van der Waals surface area contributed by atoms with Crippen LogP contribution in [0.5, 0.6) is 0 Å². The minimum Gasteiger partial charge on any atom is -0.351 e. The molecule has 2 aromatic heterocycles. The Morgan fingerprint density at radius 1 is 1.18 bits per heavy atom. The average molecular weight is 374 g/mol. The lowest BCUT2D eigenvalue weighted by Gasteiger charge is -2.24. The molecule has 1 fully saturated rings. The van der Waals surface area contributed by atoms with Crippen LogP contribution in [-0.4, -0.2) is 31.0 Å². The summed E-state index contributed by atoms with van der Waals surface area (Å²) in [6.07, 6.45) is 12.7. The van der Waals surface area contributed by atoms with Crippen molar-refractivity contribution in [2.45, 2.75) is 64.5 Å². The number of nitrogens with zero attached hydrogens (tertiary/aromatic N) is 5. The molecule has 2 aliphatic carbocycles. The van der Waals surface area contributed by atoms with E-state index in [2.05, 4.69) is 51.8 Å². The van der Waals surface area contributed by atoms with Crippen molar-refractivity contribution in [2.24, 2.45) is 0 Å². The fourth-order valence-corrected chi connectivity index (χ4v) is 4.43. The number of aromatic nitrogens is 5. The van der Waals surface area contributed by atoms with Gasteiger partial charge in [-0.15, -0.1) is 5.10 Å². The standard InChI is InChI=1S/C22H26N6/c1-2-28-21-13-15(11-12-20(21)26-27-28)17-9-6-10-19-18(17)14-23-22(25-19)24-16-7-4-3-5-8-16/h9,11-14,16H,2-8,10H2,1H3,(H,23,24,25). The second-order valence-electron chi connectivity index (χ2n) is 7.80. The van der Waals surface area contributed by atoms with Gasteiger partial charge >= 0.3 is 0 Å². The SMILES string of the molecule is CCn1nnc2ccc(C3=CCCc4nc(NC5CCCCC5)ncc43)cc21. The molecular weight excluding hydrogens is 348 g/mol. The van der Waals surface area contributed by atoms with Crippen LogP contribution in [-0.2, 0) is 13.0 Å². The molecule has 6 nitrogen and oxygen atoms in total. The zero-order valence-corrected chi connectivity index (χ0v) is 16.4. The largest absolute Gasteiger partial charge is 0.351 e. The van der Waals surface area contributed by atoms with Gasteiger partial charge in [0, 0.05) is 24.3 Å². The molecule has 0 bridgehead atoms. The smallest absolute Gasteiger partial charge is 0.223 e. The fraction of sp³-hybridized carbons (Fsp3) is 0.455. The van der Waals surface area contributed by atoms with Crippen LogP contribution < -0.4 is 5.32 Å². The topological polar surface area (TPSA) is 68.5 Å². The van der Waals surface area contributed by atoms with Gasteiger partial charge in [0.2, 0.25) is 5.95 Å². The Morgan fingerprint density at radius 3 is 2.93 bits per heavy atom. The maximum absolute atomic E-state index is 4.88. The highest BCUT2D eigenvalue weighted by atomic mass is 15.4. The molecule has 144 valence electrons. The molecule has 0 saturated heterocycles. The predicted octanol–water partition coefficient (Wildman–Crippen LogP) is 4.36. The molecule has 2 heterocycles. The van der Waals surface area contributed by atoms with Crippen LogP contribution in [0.2, 0.25) is 0 Å². The number of aryl methyl sites for hydroxylation is 2. The Kier molecular flexibility index (Phi) is 4.55. The number of anilines is 1. The molecule has 0 atom stereocenters. The van der Waals surface area contributed by atoms with Crippen molar-refractivity contribution in [2.75, 3.05) is 5.32 Å². The Bertz CT molecular complexity index is 1030. The first-order valence-corrected chi connectivity index (χ1v) is 10.5. The van der Waals surface area contributed by atoms with Crippen molar-refractivity contribution in [3.05, 3.63) is 47.3 Å². The third-order valence-corrected chi connectivity index (χ3v) is 5.95. The highest BCUT2D eigenvalue weighted by molar-refractivity contribution is 5.87. The lowest BCUT2D eigenvalue weighted by atomic mass is 9.90. The van der Waals surface area contributed by atoms with Crippen LogP contribution in [0.4, 0.5) is 5.95 Å². The van der Waals surface area contributed by atoms with Crippen LogP contribution in [0.1, 0.15) is 62.3 Å². The van der Waals surface area contributed by atoms with Crippen molar-refractivity contribution >= 4 is 22.6 Å². The van der Waals surface area contributed by atoms with E-state index in [4.69, 9.17) is 4.98 Å². The van der Waals surface area contributed by atoms with E-state index in [1.165, 1.54) is 43.2 Å². The van der Waals surface area contributed by atoms with Crippen molar-refractivity contribution in [1.29, 1.82) is 0 Å². The van der Waals surface area contributed by atoms with Gasteiger partial charge in [0.1, 0.15) is 5.52 Å². The van der Waals surface area contributed by atoms with E-state index in [-0.39, 0.29) is 0 Å². The highest BCUT2D eigenvalue weighted by Gasteiger charge is 2.19. The predicted molar refractivity (Wildman–Crippen MR) is 111 cm³/mol. The van der Waals surface area contributed by atoms with E-state index >= 15 is 0 Å². The minimum absolute atomic E-state index is 0.523. The number of hydrogen-bond acceptors (Lipinski definition) is 5.